The topological polar surface area (TPSA) is 260 Å². The molecule has 1 fully saturated rings. The second-order valence-electron chi connectivity index (χ2n) is 7.30. The predicted octanol–water partition coefficient (Wildman–Crippen LogP) is -5.93. The highest BCUT2D eigenvalue weighted by molar-refractivity contribution is 5.94. The zero-order valence-electron chi connectivity index (χ0n) is 19.0. The minimum atomic E-state index is -1.59. The van der Waals surface area contributed by atoms with Crippen LogP contribution in [0.2, 0.25) is 0 Å². The number of amides is 7. The van der Waals surface area contributed by atoms with Crippen molar-refractivity contribution < 1.29 is 48.5 Å². The fraction of sp³-hybridized carbons (Fsp3) is 0.667. The Bertz CT molecular complexity index is 779. The standard InChI is InChI=1S/C18H31N7O10/c1-9(27)14-17(32)20-2-3-34-4-5-35-8-13(29)21-11(7-26)16(31)25-24-15(30)10(6-12(19)28)22-18(33)23-14/h9-11,14,26-27H,2-8H2,1H3,(H2,19,28)(H,20,32)(H,21,29)(H,24,30)(H,25,31)(H2,22,23,33)/t9-,10-,11-,14-/m0/s1. The van der Waals surface area contributed by atoms with Crippen molar-refractivity contribution in [2.24, 2.45) is 5.73 Å². The molecule has 0 radical (unpaired) electrons. The molecule has 198 valence electrons. The van der Waals surface area contributed by atoms with Crippen molar-refractivity contribution in [3.05, 3.63) is 0 Å². The lowest BCUT2D eigenvalue weighted by Crippen LogP contribution is -2.60. The molecule has 0 aliphatic carbocycles. The van der Waals surface area contributed by atoms with Crippen molar-refractivity contribution in [2.75, 3.05) is 39.6 Å². The number of hydrogen-bond donors (Lipinski definition) is 9. The smallest absolute Gasteiger partial charge is 0.316 e. The fourth-order valence-corrected chi connectivity index (χ4v) is 2.63. The van der Waals surface area contributed by atoms with E-state index in [2.05, 4.69) is 21.3 Å². The SMILES string of the molecule is C[C@H](O)[C@@H]1NC(=O)N[C@@H](CC(N)=O)C(=O)NNC(=O)[C@H](CO)NC(=O)COCCOCCNC1=O. The maximum atomic E-state index is 12.4. The summed E-state index contributed by atoms with van der Waals surface area (Å²) in [6, 6.07) is -5.57. The van der Waals surface area contributed by atoms with Crippen LogP contribution in [0.1, 0.15) is 13.3 Å². The van der Waals surface area contributed by atoms with Gasteiger partial charge < -0.3 is 46.7 Å². The van der Waals surface area contributed by atoms with Crippen molar-refractivity contribution in [2.45, 2.75) is 37.6 Å². The lowest BCUT2D eigenvalue weighted by Gasteiger charge is -2.23. The Hall–Kier alpha value is -3.54. The molecule has 10 N–H and O–H groups in total. The lowest BCUT2D eigenvalue weighted by atomic mass is 10.1. The summed E-state index contributed by atoms with van der Waals surface area (Å²) in [5, 5.41) is 28.1. The third-order valence-electron chi connectivity index (χ3n) is 4.37. The van der Waals surface area contributed by atoms with E-state index < -0.39 is 79.4 Å². The van der Waals surface area contributed by atoms with Gasteiger partial charge in [-0.3, -0.25) is 34.8 Å². The zero-order valence-corrected chi connectivity index (χ0v) is 19.0. The van der Waals surface area contributed by atoms with Crippen LogP contribution in [-0.4, -0.2) is 110 Å². The van der Waals surface area contributed by atoms with Crippen molar-refractivity contribution in [1.82, 2.24) is 32.1 Å². The van der Waals surface area contributed by atoms with Crippen LogP contribution >= 0.6 is 0 Å². The average Bonchev–Trinajstić information content (AvgIpc) is 2.79. The van der Waals surface area contributed by atoms with E-state index in [0.29, 0.717) is 0 Å². The molecule has 0 spiro atoms. The number of carbonyl (C=O) groups excluding carboxylic acids is 6. The van der Waals surface area contributed by atoms with Gasteiger partial charge in [0.15, 0.2) is 0 Å². The number of rotatable bonds is 4. The first kappa shape index (κ1) is 29.5. The Labute approximate surface area is 199 Å². The molecule has 1 saturated heterocycles. The van der Waals surface area contributed by atoms with Gasteiger partial charge in [0.25, 0.3) is 11.8 Å². The number of hydrazine groups is 1. The summed E-state index contributed by atoms with van der Waals surface area (Å²) in [5.41, 5.74) is 8.97. The Morgan fingerprint density at radius 2 is 1.60 bits per heavy atom. The first-order chi connectivity index (χ1) is 16.5. The van der Waals surface area contributed by atoms with Gasteiger partial charge in [0, 0.05) is 6.54 Å². The fourth-order valence-electron chi connectivity index (χ4n) is 2.63. The van der Waals surface area contributed by atoms with E-state index in [1.807, 2.05) is 10.9 Å². The Kier molecular flexibility index (Phi) is 13.0. The van der Waals surface area contributed by atoms with Crippen LogP contribution in [0, 0.1) is 0 Å². The number of nitrogens with one attached hydrogen (secondary N) is 6. The second kappa shape index (κ2) is 15.4. The molecule has 1 aliphatic rings. The van der Waals surface area contributed by atoms with Crippen LogP contribution < -0.4 is 37.9 Å². The minimum Gasteiger partial charge on any atom is -0.394 e. The predicted molar refractivity (Wildman–Crippen MR) is 115 cm³/mol. The number of carbonyl (C=O) groups is 6. The molecule has 0 aromatic rings. The molecule has 35 heavy (non-hydrogen) atoms. The Balaban J connectivity index is 2.99. The van der Waals surface area contributed by atoms with Crippen LogP contribution in [0.25, 0.3) is 0 Å². The van der Waals surface area contributed by atoms with Crippen LogP contribution in [0.5, 0.6) is 0 Å². The van der Waals surface area contributed by atoms with E-state index in [4.69, 9.17) is 15.2 Å². The molecule has 7 amide bonds. The van der Waals surface area contributed by atoms with Crippen LogP contribution in [-0.2, 0) is 33.4 Å². The first-order valence-corrected chi connectivity index (χ1v) is 10.5. The third-order valence-corrected chi connectivity index (χ3v) is 4.37. The summed E-state index contributed by atoms with van der Waals surface area (Å²) >= 11 is 0. The van der Waals surface area contributed by atoms with Gasteiger partial charge in [-0.2, -0.15) is 0 Å². The number of urea groups is 1. The van der Waals surface area contributed by atoms with Crippen molar-refractivity contribution in [1.29, 1.82) is 0 Å². The van der Waals surface area contributed by atoms with Gasteiger partial charge in [-0.25, -0.2) is 4.79 Å². The first-order valence-electron chi connectivity index (χ1n) is 10.5. The lowest BCUT2D eigenvalue weighted by molar-refractivity contribution is -0.135. The van der Waals surface area contributed by atoms with Crippen molar-refractivity contribution >= 4 is 35.6 Å². The molecule has 0 aromatic heterocycles. The summed E-state index contributed by atoms with van der Waals surface area (Å²) in [6.45, 7) is 0.121. The van der Waals surface area contributed by atoms with Gasteiger partial charge >= 0.3 is 6.03 Å². The highest BCUT2D eigenvalue weighted by atomic mass is 16.5. The van der Waals surface area contributed by atoms with Crippen LogP contribution in [0.15, 0.2) is 0 Å². The van der Waals surface area contributed by atoms with E-state index in [1.165, 1.54) is 6.92 Å². The molecule has 0 aromatic carbocycles. The van der Waals surface area contributed by atoms with E-state index in [9.17, 15) is 39.0 Å². The summed E-state index contributed by atoms with van der Waals surface area (Å²) < 4.78 is 10.3. The quantitative estimate of drug-likeness (QED) is 0.175. The normalized spacial score (nSPS) is 25.3. The molecule has 0 unspecified atom stereocenters. The maximum Gasteiger partial charge on any atom is 0.316 e. The summed E-state index contributed by atoms with van der Waals surface area (Å²) in [4.78, 5) is 72.5. The molecule has 4 atom stereocenters. The largest absolute Gasteiger partial charge is 0.394 e. The van der Waals surface area contributed by atoms with Gasteiger partial charge in [-0.15, -0.1) is 0 Å². The van der Waals surface area contributed by atoms with E-state index >= 15 is 0 Å². The van der Waals surface area contributed by atoms with Crippen LogP contribution in [0.3, 0.4) is 0 Å². The summed E-state index contributed by atoms with van der Waals surface area (Å²) in [5.74, 6) is -4.57. The van der Waals surface area contributed by atoms with E-state index in [0.717, 1.165) is 0 Å². The molecule has 0 bridgehead atoms. The minimum absolute atomic E-state index is 0.00664. The molecule has 17 nitrogen and oxygen atoms in total. The number of ether oxygens (including phenoxy) is 2. The van der Waals surface area contributed by atoms with Gasteiger partial charge in [-0.05, 0) is 6.92 Å². The zero-order chi connectivity index (χ0) is 26.4. The molecular weight excluding hydrogens is 474 g/mol. The third kappa shape index (κ3) is 11.4. The Morgan fingerprint density at radius 1 is 0.971 bits per heavy atom. The number of primary amides is 1. The molecule has 1 aliphatic heterocycles. The highest BCUT2D eigenvalue weighted by Gasteiger charge is 2.29. The molecule has 17 heteroatoms. The van der Waals surface area contributed by atoms with Gasteiger partial charge in [0.1, 0.15) is 24.7 Å². The number of aliphatic hydroxyl groups is 2. The molecule has 1 rings (SSSR count). The van der Waals surface area contributed by atoms with Crippen molar-refractivity contribution in [3.63, 3.8) is 0 Å². The summed E-state index contributed by atoms with van der Waals surface area (Å²) in [6.07, 6.45) is -2.02. The van der Waals surface area contributed by atoms with E-state index in [-0.39, 0.29) is 26.4 Å². The monoisotopic (exact) mass is 505 g/mol. The highest BCUT2D eigenvalue weighted by Crippen LogP contribution is 1.97. The second-order valence-corrected chi connectivity index (χ2v) is 7.30. The molecule has 0 saturated carbocycles. The Morgan fingerprint density at radius 3 is 2.20 bits per heavy atom. The molecule has 1 heterocycles. The number of nitrogens with two attached hydrogens (primary N) is 1. The van der Waals surface area contributed by atoms with Crippen molar-refractivity contribution in [3.8, 4) is 0 Å². The average molecular weight is 505 g/mol. The van der Waals surface area contributed by atoms with Gasteiger partial charge in [-0.1, -0.05) is 0 Å². The van der Waals surface area contributed by atoms with Gasteiger partial charge in [0.2, 0.25) is 17.7 Å². The van der Waals surface area contributed by atoms with Crippen LogP contribution in [0.4, 0.5) is 4.79 Å². The maximum absolute atomic E-state index is 12.4. The number of hydrogen-bond acceptors (Lipinski definition) is 10. The van der Waals surface area contributed by atoms with Gasteiger partial charge in [0.05, 0.1) is 39.0 Å². The number of aliphatic hydroxyl groups excluding tert-OH is 2. The van der Waals surface area contributed by atoms with E-state index in [1.54, 1.807) is 0 Å². The summed E-state index contributed by atoms with van der Waals surface area (Å²) in [7, 11) is 0. The molecular formula is C18H31N7O10.